The minimum atomic E-state index is -3.29. The van der Waals surface area contributed by atoms with E-state index in [4.69, 9.17) is 0 Å². The van der Waals surface area contributed by atoms with E-state index in [1.807, 2.05) is 16.8 Å². The van der Waals surface area contributed by atoms with Gasteiger partial charge in [0.25, 0.3) is 0 Å². The van der Waals surface area contributed by atoms with Crippen molar-refractivity contribution in [1.29, 1.82) is 0 Å². The molecule has 24 heavy (non-hydrogen) atoms. The molecule has 3 rings (SSSR count). The Morgan fingerprint density at radius 3 is 2.71 bits per heavy atom. The van der Waals surface area contributed by atoms with Crippen LogP contribution < -0.4 is 5.32 Å². The number of anilines is 1. The molecule has 1 saturated carbocycles. The standard InChI is InChI=1S/C18H21NO3S2/c20-18(9-8-14-10-11-23-13-14)19-15-4-3-7-17(12-15)24(21,22)16-5-1-2-6-16/h3-4,7,10-13,16H,1-2,5-6,8-9H2,(H,19,20). The second-order valence-corrected chi connectivity index (χ2v) is 9.17. The summed E-state index contributed by atoms with van der Waals surface area (Å²) in [7, 11) is -3.29. The Morgan fingerprint density at radius 2 is 2.00 bits per heavy atom. The van der Waals surface area contributed by atoms with E-state index in [9.17, 15) is 13.2 Å². The quantitative estimate of drug-likeness (QED) is 0.842. The van der Waals surface area contributed by atoms with E-state index >= 15 is 0 Å². The van der Waals surface area contributed by atoms with Crippen LogP contribution in [0.25, 0.3) is 0 Å². The first-order chi connectivity index (χ1) is 11.6. The van der Waals surface area contributed by atoms with E-state index in [2.05, 4.69) is 5.32 Å². The molecule has 0 atom stereocenters. The van der Waals surface area contributed by atoms with Gasteiger partial charge in [0.15, 0.2) is 9.84 Å². The lowest BCUT2D eigenvalue weighted by molar-refractivity contribution is -0.116. The average Bonchev–Trinajstić information content (AvgIpc) is 3.27. The topological polar surface area (TPSA) is 63.2 Å². The van der Waals surface area contributed by atoms with Crippen LogP contribution in [0.4, 0.5) is 5.69 Å². The molecule has 0 aliphatic heterocycles. The molecule has 1 N–H and O–H groups in total. The maximum absolute atomic E-state index is 12.6. The number of amides is 1. The van der Waals surface area contributed by atoms with E-state index < -0.39 is 9.84 Å². The lowest BCUT2D eigenvalue weighted by Crippen LogP contribution is -2.18. The molecule has 4 nitrogen and oxygen atoms in total. The number of aryl methyl sites for hydroxylation is 1. The molecular formula is C18H21NO3S2. The number of carbonyl (C=O) groups excluding carboxylic acids is 1. The summed E-state index contributed by atoms with van der Waals surface area (Å²) in [6.45, 7) is 0. The van der Waals surface area contributed by atoms with Gasteiger partial charge in [-0.2, -0.15) is 11.3 Å². The SMILES string of the molecule is O=C(CCc1ccsc1)Nc1cccc(S(=O)(=O)C2CCCC2)c1. The number of thiophene rings is 1. The van der Waals surface area contributed by atoms with Gasteiger partial charge in [-0.1, -0.05) is 18.9 Å². The first-order valence-corrected chi connectivity index (χ1v) is 10.7. The van der Waals surface area contributed by atoms with Gasteiger partial charge in [-0.3, -0.25) is 4.79 Å². The highest BCUT2D eigenvalue weighted by Gasteiger charge is 2.30. The smallest absolute Gasteiger partial charge is 0.224 e. The van der Waals surface area contributed by atoms with Crippen molar-refractivity contribution >= 4 is 32.8 Å². The molecule has 1 aliphatic carbocycles. The van der Waals surface area contributed by atoms with E-state index in [1.54, 1.807) is 35.6 Å². The van der Waals surface area contributed by atoms with Crippen LogP contribution in [-0.4, -0.2) is 19.6 Å². The molecule has 0 spiro atoms. The van der Waals surface area contributed by atoms with Crippen molar-refractivity contribution in [2.45, 2.75) is 48.7 Å². The van der Waals surface area contributed by atoms with Crippen LogP contribution in [0.3, 0.4) is 0 Å². The molecule has 1 aromatic carbocycles. The predicted molar refractivity (Wildman–Crippen MR) is 97.2 cm³/mol. The van der Waals surface area contributed by atoms with Crippen LogP contribution in [0.15, 0.2) is 46.0 Å². The summed E-state index contributed by atoms with van der Waals surface area (Å²) in [5, 5.41) is 6.55. The van der Waals surface area contributed by atoms with Crippen molar-refractivity contribution in [3.63, 3.8) is 0 Å². The third-order valence-corrected chi connectivity index (χ3v) is 7.40. The molecule has 128 valence electrons. The minimum Gasteiger partial charge on any atom is -0.326 e. The zero-order valence-corrected chi connectivity index (χ0v) is 15.0. The Morgan fingerprint density at radius 1 is 1.21 bits per heavy atom. The van der Waals surface area contributed by atoms with Crippen molar-refractivity contribution < 1.29 is 13.2 Å². The van der Waals surface area contributed by atoms with Crippen molar-refractivity contribution in [2.24, 2.45) is 0 Å². The molecule has 6 heteroatoms. The number of hydrogen-bond acceptors (Lipinski definition) is 4. The van der Waals surface area contributed by atoms with Gasteiger partial charge in [-0.05, 0) is 59.9 Å². The lowest BCUT2D eigenvalue weighted by Gasteiger charge is -2.12. The van der Waals surface area contributed by atoms with Crippen molar-refractivity contribution in [3.05, 3.63) is 46.7 Å². The maximum Gasteiger partial charge on any atom is 0.224 e. The van der Waals surface area contributed by atoms with Crippen LogP contribution in [-0.2, 0) is 21.1 Å². The molecule has 1 aliphatic rings. The minimum absolute atomic E-state index is 0.100. The molecule has 0 unspecified atom stereocenters. The third-order valence-electron chi connectivity index (χ3n) is 4.41. The Bertz CT molecular complexity index is 791. The van der Waals surface area contributed by atoms with Gasteiger partial charge in [0.2, 0.25) is 5.91 Å². The van der Waals surface area contributed by atoms with Gasteiger partial charge in [-0.15, -0.1) is 0 Å². The summed E-state index contributed by atoms with van der Waals surface area (Å²) in [5.41, 5.74) is 1.69. The summed E-state index contributed by atoms with van der Waals surface area (Å²) in [4.78, 5) is 12.4. The van der Waals surface area contributed by atoms with Gasteiger partial charge in [-0.25, -0.2) is 8.42 Å². The third kappa shape index (κ3) is 4.05. The second-order valence-electron chi connectivity index (χ2n) is 6.16. The van der Waals surface area contributed by atoms with Gasteiger partial charge >= 0.3 is 0 Å². The van der Waals surface area contributed by atoms with Crippen LogP contribution in [0.1, 0.15) is 37.7 Å². The van der Waals surface area contributed by atoms with Crippen LogP contribution in [0.5, 0.6) is 0 Å². The number of benzene rings is 1. The van der Waals surface area contributed by atoms with Crippen molar-refractivity contribution in [2.75, 3.05) is 5.32 Å². The fraction of sp³-hybridized carbons (Fsp3) is 0.389. The average molecular weight is 364 g/mol. The van der Waals surface area contributed by atoms with Gasteiger partial charge in [0.05, 0.1) is 10.1 Å². The molecule has 0 bridgehead atoms. The molecule has 0 saturated heterocycles. The monoisotopic (exact) mass is 363 g/mol. The molecular weight excluding hydrogens is 342 g/mol. The van der Waals surface area contributed by atoms with Gasteiger partial charge in [0, 0.05) is 12.1 Å². The largest absolute Gasteiger partial charge is 0.326 e. The zero-order chi connectivity index (χ0) is 17.0. The number of rotatable bonds is 6. The number of hydrogen-bond donors (Lipinski definition) is 1. The highest BCUT2D eigenvalue weighted by Crippen LogP contribution is 2.30. The second kappa shape index (κ2) is 7.49. The Labute approximate surface area is 146 Å². The van der Waals surface area contributed by atoms with Crippen LogP contribution in [0, 0.1) is 0 Å². The highest BCUT2D eigenvalue weighted by molar-refractivity contribution is 7.92. The fourth-order valence-electron chi connectivity index (χ4n) is 3.06. The van der Waals surface area contributed by atoms with Crippen molar-refractivity contribution in [1.82, 2.24) is 0 Å². The number of carbonyl (C=O) groups is 1. The van der Waals surface area contributed by atoms with E-state index in [0.29, 0.717) is 23.4 Å². The highest BCUT2D eigenvalue weighted by atomic mass is 32.2. The molecule has 1 heterocycles. The summed E-state index contributed by atoms with van der Waals surface area (Å²) >= 11 is 1.61. The van der Waals surface area contributed by atoms with Gasteiger partial charge in [0.1, 0.15) is 0 Å². The Balaban J connectivity index is 1.65. The molecule has 1 aromatic heterocycles. The summed E-state index contributed by atoms with van der Waals surface area (Å²) in [6.07, 6.45) is 4.50. The summed E-state index contributed by atoms with van der Waals surface area (Å²) in [5.74, 6) is -0.100. The molecule has 0 radical (unpaired) electrons. The number of sulfone groups is 1. The summed E-state index contributed by atoms with van der Waals surface area (Å²) < 4.78 is 25.3. The first-order valence-electron chi connectivity index (χ1n) is 8.20. The predicted octanol–water partition coefficient (Wildman–Crippen LogP) is 4.04. The van der Waals surface area contributed by atoms with Crippen LogP contribution in [0.2, 0.25) is 0 Å². The Hall–Kier alpha value is -1.66. The number of nitrogens with one attached hydrogen (secondary N) is 1. The lowest BCUT2D eigenvalue weighted by atomic mass is 10.2. The normalized spacial score (nSPS) is 15.5. The molecule has 2 aromatic rings. The first kappa shape index (κ1) is 17.2. The Kier molecular flexibility index (Phi) is 5.36. The van der Waals surface area contributed by atoms with Gasteiger partial charge < -0.3 is 5.32 Å². The van der Waals surface area contributed by atoms with E-state index in [-0.39, 0.29) is 11.2 Å². The fourth-order valence-corrected chi connectivity index (χ4v) is 5.66. The zero-order valence-electron chi connectivity index (χ0n) is 13.4. The van der Waals surface area contributed by atoms with Crippen LogP contribution >= 0.6 is 11.3 Å². The maximum atomic E-state index is 12.6. The van der Waals surface area contributed by atoms with Crippen molar-refractivity contribution in [3.8, 4) is 0 Å². The van der Waals surface area contributed by atoms with E-state index in [0.717, 1.165) is 31.2 Å². The summed E-state index contributed by atoms with van der Waals surface area (Å²) in [6, 6.07) is 8.63. The molecule has 1 amide bonds. The molecule has 1 fully saturated rings. The van der Waals surface area contributed by atoms with E-state index in [1.165, 1.54) is 0 Å².